The van der Waals surface area contributed by atoms with E-state index in [1.807, 2.05) is 0 Å². The minimum atomic E-state index is -4.07. The Morgan fingerprint density at radius 2 is 1.29 bits per heavy atom. The molecule has 21 heavy (non-hydrogen) atoms. The van der Waals surface area contributed by atoms with Gasteiger partial charge in [-0.2, -0.15) is 0 Å². The number of hydrogen-bond acceptors (Lipinski definition) is 7. The second-order valence-electron chi connectivity index (χ2n) is 6.19. The molecular weight excluding hydrogens is 299 g/mol. The Bertz CT molecular complexity index is 408. The minimum absolute atomic E-state index is 0.342. The van der Waals surface area contributed by atoms with Gasteiger partial charge >= 0.3 is 19.9 Å². The van der Waals surface area contributed by atoms with Gasteiger partial charge in [-0.25, -0.2) is 14.2 Å². The summed E-state index contributed by atoms with van der Waals surface area (Å²) in [6.45, 7) is 13.0. The van der Waals surface area contributed by atoms with Gasteiger partial charge in [-0.15, -0.1) is 6.58 Å². The Balaban J connectivity index is 4.85. The van der Waals surface area contributed by atoms with Crippen LogP contribution in [-0.2, 0) is 23.1 Å². The van der Waals surface area contributed by atoms with Crippen molar-refractivity contribution in [2.75, 3.05) is 6.16 Å². The van der Waals surface area contributed by atoms with E-state index in [1.165, 1.54) is 6.08 Å². The first-order valence-corrected chi connectivity index (χ1v) is 8.04. The standard InChI is InChI=1S/C13H23O7P/c1-8-9-21(16,19-10(14)17-12(2,3)4)20-11(15)18-13(5,6)7/h8H,1,9H2,2-7H3. The van der Waals surface area contributed by atoms with Crippen molar-refractivity contribution < 1.29 is 32.7 Å². The molecule has 0 unspecified atom stereocenters. The Morgan fingerprint density at radius 3 is 1.52 bits per heavy atom. The molecular formula is C13H23O7P. The van der Waals surface area contributed by atoms with Crippen molar-refractivity contribution in [2.45, 2.75) is 52.7 Å². The first kappa shape index (κ1) is 19.5. The zero-order chi connectivity index (χ0) is 16.9. The minimum Gasteiger partial charge on any atom is -0.428 e. The van der Waals surface area contributed by atoms with E-state index in [1.54, 1.807) is 41.5 Å². The molecule has 0 aromatic rings. The molecule has 0 atom stereocenters. The molecule has 0 N–H and O–H groups in total. The van der Waals surface area contributed by atoms with Gasteiger partial charge in [-0.3, -0.25) is 0 Å². The molecule has 0 spiro atoms. The van der Waals surface area contributed by atoms with Crippen LogP contribution in [0.3, 0.4) is 0 Å². The van der Waals surface area contributed by atoms with Crippen LogP contribution in [0, 0.1) is 0 Å². The van der Waals surface area contributed by atoms with Gasteiger partial charge < -0.3 is 18.5 Å². The van der Waals surface area contributed by atoms with E-state index in [9.17, 15) is 14.2 Å². The average molecular weight is 322 g/mol. The molecule has 0 fully saturated rings. The number of carbonyl (C=O) groups excluding carboxylic acids is 2. The zero-order valence-electron chi connectivity index (χ0n) is 13.3. The number of carbonyl (C=O) groups is 2. The lowest BCUT2D eigenvalue weighted by Gasteiger charge is -2.23. The summed E-state index contributed by atoms with van der Waals surface area (Å²) in [7, 11) is -4.07. The number of ether oxygens (including phenoxy) is 2. The highest BCUT2D eigenvalue weighted by Crippen LogP contribution is 2.49. The van der Waals surface area contributed by atoms with E-state index in [4.69, 9.17) is 9.47 Å². The van der Waals surface area contributed by atoms with E-state index in [0.717, 1.165) is 0 Å². The molecule has 122 valence electrons. The smallest absolute Gasteiger partial charge is 0.428 e. The van der Waals surface area contributed by atoms with Gasteiger partial charge in [-0.1, -0.05) is 6.08 Å². The van der Waals surface area contributed by atoms with Gasteiger partial charge in [0.1, 0.15) is 11.2 Å². The third kappa shape index (κ3) is 9.96. The number of hydrogen-bond donors (Lipinski definition) is 0. The molecule has 0 aliphatic heterocycles. The van der Waals surface area contributed by atoms with Crippen molar-refractivity contribution in [2.24, 2.45) is 0 Å². The third-order valence-electron chi connectivity index (χ3n) is 1.56. The molecule has 0 aliphatic carbocycles. The summed E-state index contributed by atoms with van der Waals surface area (Å²) in [4.78, 5) is 23.1. The SMILES string of the molecule is C=CCP(=O)(OC(=O)OC(C)(C)C)OC(=O)OC(C)(C)C. The highest BCUT2D eigenvalue weighted by atomic mass is 31.2. The predicted octanol–water partition coefficient (Wildman–Crippen LogP) is 4.27. The first-order chi connectivity index (χ1) is 9.26. The summed E-state index contributed by atoms with van der Waals surface area (Å²) in [5, 5.41) is 0. The van der Waals surface area contributed by atoms with E-state index in [-0.39, 0.29) is 6.16 Å². The van der Waals surface area contributed by atoms with Crippen LogP contribution >= 0.6 is 7.60 Å². The largest absolute Gasteiger partial charge is 0.516 e. The normalized spacial score (nSPS) is 12.3. The summed E-state index contributed by atoms with van der Waals surface area (Å²) in [5.74, 6) is 0. The van der Waals surface area contributed by atoms with Gasteiger partial charge in [0.2, 0.25) is 0 Å². The van der Waals surface area contributed by atoms with E-state index >= 15 is 0 Å². The van der Waals surface area contributed by atoms with Crippen LogP contribution in [-0.4, -0.2) is 29.7 Å². The Kier molecular flexibility index (Phi) is 6.49. The van der Waals surface area contributed by atoms with Crippen LogP contribution in [0.5, 0.6) is 0 Å². The van der Waals surface area contributed by atoms with Crippen molar-refractivity contribution in [3.8, 4) is 0 Å². The maximum absolute atomic E-state index is 12.3. The van der Waals surface area contributed by atoms with Crippen LogP contribution in [0.1, 0.15) is 41.5 Å². The zero-order valence-corrected chi connectivity index (χ0v) is 14.2. The molecule has 0 heterocycles. The fraction of sp³-hybridized carbons (Fsp3) is 0.692. The molecule has 0 saturated carbocycles. The van der Waals surface area contributed by atoms with Crippen molar-refractivity contribution >= 4 is 19.9 Å². The molecule has 8 heteroatoms. The van der Waals surface area contributed by atoms with Gasteiger partial charge in [0, 0.05) is 0 Å². The summed E-state index contributed by atoms with van der Waals surface area (Å²) in [6.07, 6.45) is -1.53. The van der Waals surface area contributed by atoms with E-state index in [2.05, 4.69) is 15.6 Å². The predicted molar refractivity (Wildman–Crippen MR) is 77.3 cm³/mol. The van der Waals surface area contributed by atoms with Crippen LogP contribution in [0.15, 0.2) is 12.7 Å². The molecule has 0 bridgehead atoms. The van der Waals surface area contributed by atoms with Gasteiger partial charge in [-0.05, 0) is 41.5 Å². The second kappa shape index (κ2) is 6.98. The fourth-order valence-electron chi connectivity index (χ4n) is 1.02. The average Bonchev–Trinajstić information content (AvgIpc) is 2.08. The molecule has 0 rings (SSSR count). The highest BCUT2D eigenvalue weighted by Gasteiger charge is 2.35. The first-order valence-electron chi connectivity index (χ1n) is 6.31. The maximum atomic E-state index is 12.3. The molecule has 0 radical (unpaired) electrons. The van der Waals surface area contributed by atoms with E-state index in [0.29, 0.717) is 0 Å². The van der Waals surface area contributed by atoms with Gasteiger partial charge in [0.05, 0.1) is 6.16 Å². The molecule has 0 aromatic carbocycles. The van der Waals surface area contributed by atoms with Crippen molar-refractivity contribution in [1.29, 1.82) is 0 Å². The van der Waals surface area contributed by atoms with Gasteiger partial charge in [0.15, 0.2) is 0 Å². The van der Waals surface area contributed by atoms with Crippen LogP contribution in [0.4, 0.5) is 9.59 Å². The highest BCUT2D eigenvalue weighted by molar-refractivity contribution is 7.55. The van der Waals surface area contributed by atoms with Crippen LogP contribution in [0.2, 0.25) is 0 Å². The Labute approximate surface area is 125 Å². The monoisotopic (exact) mass is 322 g/mol. The molecule has 0 amide bonds. The van der Waals surface area contributed by atoms with Gasteiger partial charge in [0.25, 0.3) is 0 Å². The molecule has 0 aliphatic rings. The lowest BCUT2D eigenvalue weighted by atomic mass is 10.2. The topological polar surface area (TPSA) is 88.1 Å². The summed E-state index contributed by atoms with van der Waals surface area (Å²) in [6, 6.07) is 0. The van der Waals surface area contributed by atoms with Crippen molar-refractivity contribution in [3.63, 3.8) is 0 Å². The van der Waals surface area contributed by atoms with Crippen LogP contribution < -0.4 is 0 Å². The summed E-state index contributed by atoms with van der Waals surface area (Å²) >= 11 is 0. The third-order valence-corrected chi connectivity index (χ3v) is 3.12. The number of rotatable bonds is 4. The molecule has 0 aromatic heterocycles. The van der Waals surface area contributed by atoms with Crippen LogP contribution in [0.25, 0.3) is 0 Å². The Hall–Kier alpha value is -1.49. The van der Waals surface area contributed by atoms with Crippen molar-refractivity contribution in [1.82, 2.24) is 0 Å². The Morgan fingerprint density at radius 1 is 0.952 bits per heavy atom. The van der Waals surface area contributed by atoms with E-state index < -0.39 is 31.1 Å². The maximum Gasteiger partial charge on any atom is 0.516 e. The lowest BCUT2D eigenvalue weighted by molar-refractivity contribution is 0.00748. The summed E-state index contributed by atoms with van der Waals surface area (Å²) in [5.41, 5.74) is -1.66. The van der Waals surface area contributed by atoms with Crippen molar-refractivity contribution in [3.05, 3.63) is 12.7 Å². The quantitative estimate of drug-likeness (QED) is 0.434. The number of allylic oxidation sites excluding steroid dienone is 1. The lowest BCUT2D eigenvalue weighted by Crippen LogP contribution is -2.26. The molecule has 7 nitrogen and oxygen atoms in total. The fourth-order valence-corrected chi connectivity index (χ4v) is 2.05. The molecule has 0 saturated heterocycles. The second-order valence-corrected chi connectivity index (χ2v) is 8.15. The summed E-state index contributed by atoms with van der Waals surface area (Å²) < 4.78 is 31.3.